The minimum Gasteiger partial charge on any atom is -0.270 e. The second-order valence-electron chi connectivity index (χ2n) is 3.02. The first-order valence-electron chi connectivity index (χ1n) is 4.49. The molecule has 0 fully saturated rings. The minimum atomic E-state index is -3.54. The van der Waals surface area contributed by atoms with E-state index >= 15 is 0 Å². The van der Waals surface area contributed by atoms with Gasteiger partial charge >= 0.3 is 0 Å². The largest absolute Gasteiger partial charge is 0.296 e. The SMILES string of the molecule is CCCc1cccc(S(=O)(=O)OC)c1. The summed E-state index contributed by atoms with van der Waals surface area (Å²) in [5, 5.41) is 0. The minimum absolute atomic E-state index is 0.228. The van der Waals surface area contributed by atoms with Crippen LogP contribution >= 0.6 is 0 Å². The molecule has 0 saturated carbocycles. The van der Waals surface area contributed by atoms with E-state index in [-0.39, 0.29) is 4.90 Å². The molecule has 0 bridgehead atoms. The fraction of sp³-hybridized carbons (Fsp3) is 0.400. The van der Waals surface area contributed by atoms with Gasteiger partial charge in [-0.15, -0.1) is 0 Å². The molecule has 0 atom stereocenters. The van der Waals surface area contributed by atoms with Crippen molar-refractivity contribution < 1.29 is 12.6 Å². The molecule has 0 aromatic heterocycles. The fourth-order valence-corrected chi connectivity index (χ4v) is 1.97. The number of aryl methyl sites for hydroxylation is 1. The van der Waals surface area contributed by atoms with Crippen molar-refractivity contribution in [1.29, 1.82) is 0 Å². The summed E-state index contributed by atoms with van der Waals surface area (Å²) in [4.78, 5) is 0.228. The standard InChI is InChI=1S/C10H14O3S/c1-3-5-9-6-4-7-10(8-9)14(11,12)13-2/h4,6-8H,3,5H2,1-2H3. The lowest BCUT2D eigenvalue weighted by molar-refractivity contribution is 0.397. The van der Waals surface area contributed by atoms with E-state index in [1.807, 2.05) is 6.07 Å². The molecule has 1 aromatic carbocycles. The lowest BCUT2D eigenvalue weighted by Crippen LogP contribution is -2.03. The van der Waals surface area contributed by atoms with Crippen molar-refractivity contribution in [2.24, 2.45) is 0 Å². The summed E-state index contributed by atoms with van der Waals surface area (Å²) < 4.78 is 27.1. The Morgan fingerprint density at radius 3 is 2.64 bits per heavy atom. The molecule has 0 heterocycles. The van der Waals surface area contributed by atoms with E-state index in [2.05, 4.69) is 11.1 Å². The van der Waals surface area contributed by atoms with Crippen LogP contribution in [0.25, 0.3) is 0 Å². The van der Waals surface area contributed by atoms with Gasteiger partial charge in [-0.25, -0.2) is 0 Å². The smallest absolute Gasteiger partial charge is 0.270 e. The molecule has 1 aromatic rings. The van der Waals surface area contributed by atoms with Crippen LogP contribution in [-0.4, -0.2) is 15.5 Å². The molecule has 3 nitrogen and oxygen atoms in total. The van der Waals surface area contributed by atoms with Crippen LogP contribution in [0.15, 0.2) is 29.2 Å². The summed E-state index contributed by atoms with van der Waals surface area (Å²) in [5.41, 5.74) is 1.02. The zero-order valence-corrected chi connectivity index (χ0v) is 9.17. The second-order valence-corrected chi connectivity index (χ2v) is 4.73. The topological polar surface area (TPSA) is 43.4 Å². The average molecular weight is 214 g/mol. The van der Waals surface area contributed by atoms with Gasteiger partial charge in [0.15, 0.2) is 0 Å². The molecule has 0 aliphatic heterocycles. The van der Waals surface area contributed by atoms with Crippen molar-refractivity contribution in [3.8, 4) is 0 Å². The molecular weight excluding hydrogens is 200 g/mol. The molecule has 0 saturated heterocycles. The molecule has 0 aliphatic rings. The lowest BCUT2D eigenvalue weighted by atomic mass is 10.1. The van der Waals surface area contributed by atoms with Crippen LogP contribution in [0.3, 0.4) is 0 Å². The summed E-state index contributed by atoms with van der Waals surface area (Å²) in [6.45, 7) is 2.05. The molecular formula is C10H14O3S. The first-order chi connectivity index (χ1) is 6.60. The highest BCUT2D eigenvalue weighted by molar-refractivity contribution is 7.86. The van der Waals surface area contributed by atoms with Gasteiger partial charge < -0.3 is 0 Å². The Morgan fingerprint density at radius 1 is 1.36 bits per heavy atom. The molecule has 78 valence electrons. The summed E-state index contributed by atoms with van der Waals surface area (Å²) in [7, 11) is -2.37. The average Bonchev–Trinajstić information content (AvgIpc) is 2.19. The zero-order chi connectivity index (χ0) is 10.6. The number of benzene rings is 1. The Labute approximate surface area is 84.8 Å². The third kappa shape index (κ3) is 2.56. The van der Waals surface area contributed by atoms with Crippen LogP contribution in [-0.2, 0) is 20.7 Å². The Kier molecular flexibility index (Phi) is 3.66. The van der Waals surface area contributed by atoms with Crippen molar-refractivity contribution >= 4 is 10.1 Å². The van der Waals surface area contributed by atoms with E-state index in [9.17, 15) is 8.42 Å². The molecule has 0 radical (unpaired) electrons. The van der Waals surface area contributed by atoms with Gasteiger partial charge in [0.05, 0.1) is 12.0 Å². The van der Waals surface area contributed by atoms with Gasteiger partial charge in [0, 0.05) is 0 Å². The van der Waals surface area contributed by atoms with Crippen molar-refractivity contribution in [3.05, 3.63) is 29.8 Å². The molecule has 0 aliphatic carbocycles. The second kappa shape index (κ2) is 4.57. The molecule has 0 amide bonds. The molecule has 0 spiro atoms. The van der Waals surface area contributed by atoms with E-state index < -0.39 is 10.1 Å². The molecule has 1 rings (SSSR count). The zero-order valence-electron chi connectivity index (χ0n) is 8.36. The maximum atomic E-state index is 11.3. The summed E-state index contributed by atoms with van der Waals surface area (Å²) in [6, 6.07) is 6.84. The Balaban J connectivity index is 3.06. The third-order valence-electron chi connectivity index (χ3n) is 1.95. The van der Waals surface area contributed by atoms with Gasteiger partial charge in [-0.3, -0.25) is 4.18 Å². The van der Waals surface area contributed by atoms with E-state index in [4.69, 9.17) is 0 Å². The summed E-state index contributed by atoms with van der Waals surface area (Å²) in [5.74, 6) is 0. The van der Waals surface area contributed by atoms with Crippen LogP contribution in [0.4, 0.5) is 0 Å². The normalized spacial score (nSPS) is 11.6. The monoisotopic (exact) mass is 214 g/mol. The van der Waals surface area contributed by atoms with Crippen LogP contribution in [0.1, 0.15) is 18.9 Å². The maximum Gasteiger partial charge on any atom is 0.296 e. The van der Waals surface area contributed by atoms with Crippen LogP contribution in [0.2, 0.25) is 0 Å². The van der Waals surface area contributed by atoms with Gasteiger partial charge in [-0.2, -0.15) is 8.42 Å². The first kappa shape index (κ1) is 11.2. The van der Waals surface area contributed by atoms with Gasteiger partial charge in [0.25, 0.3) is 10.1 Å². The fourth-order valence-electron chi connectivity index (χ4n) is 1.24. The predicted octanol–water partition coefficient (Wildman–Crippen LogP) is 1.97. The van der Waals surface area contributed by atoms with E-state index in [0.29, 0.717) is 0 Å². The molecule has 14 heavy (non-hydrogen) atoms. The van der Waals surface area contributed by atoms with Crippen LogP contribution in [0, 0.1) is 0 Å². The summed E-state index contributed by atoms with van der Waals surface area (Å²) in [6.07, 6.45) is 1.88. The van der Waals surface area contributed by atoms with Crippen molar-refractivity contribution in [2.45, 2.75) is 24.7 Å². The van der Waals surface area contributed by atoms with Gasteiger partial charge in [0.2, 0.25) is 0 Å². The number of hydrogen-bond donors (Lipinski definition) is 0. The number of hydrogen-bond acceptors (Lipinski definition) is 3. The Hall–Kier alpha value is -0.870. The van der Waals surface area contributed by atoms with Crippen molar-refractivity contribution in [1.82, 2.24) is 0 Å². The van der Waals surface area contributed by atoms with Gasteiger partial charge in [-0.05, 0) is 24.1 Å². The van der Waals surface area contributed by atoms with Crippen LogP contribution in [0.5, 0.6) is 0 Å². The predicted molar refractivity (Wildman–Crippen MR) is 54.6 cm³/mol. The highest BCUT2D eigenvalue weighted by Gasteiger charge is 2.12. The van der Waals surface area contributed by atoms with E-state index in [1.54, 1.807) is 12.1 Å². The van der Waals surface area contributed by atoms with Crippen molar-refractivity contribution in [2.75, 3.05) is 7.11 Å². The molecule has 0 unspecified atom stereocenters. The third-order valence-corrected chi connectivity index (χ3v) is 3.22. The van der Waals surface area contributed by atoms with E-state index in [0.717, 1.165) is 18.4 Å². The van der Waals surface area contributed by atoms with Gasteiger partial charge in [-0.1, -0.05) is 25.5 Å². The Morgan fingerprint density at radius 2 is 2.07 bits per heavy atom. The van der Waals surface area contributed by atoms with Gasteiger partial charge in [0.1, 0.15) is 0 Å². The highest BCUT2D eigenvalue weighted by atomic mass is 32.2. The molecule has 4 heteroatoms. The summed E-state index contributed by atoms with van der Waals surface area (Å²) >= 11 is 0. The first-order valence-corrected chi connectivity index (χ1v) is 5.90. The van der Waals surface area contributed by atoms with E-state index in [1.165, 1.54) is 13.2 Å². The Bertz CT molecular complexity index is 396. The quantitative estimate of drug-likeness (QED) is 0.720. The molecule has 0 N–H and O–H groups in total. The highest BCUT2D eigenvalue weighted by Crippen LogP contribution is 2.14. The number of rotatable bonds is 4. The lowest BCUT2D eigenvalue weighted by Gasteiger charge is -2.03. The van der Waals surface area contributed by atoms with Crippen molar-refractivity contribution in [3.63, 3.8) is 0 Å². The van der Waals surface area contributed by atoms with Crippen LogP contribution < -0.4 is 0 Å². The maximum absolute atomic E-state index is 11.3.